The van der Waals surface area contributed by atoms with Gasteiger partial charge in [0.1, 0.15) is 0 Å². The fourth-order valence-corrected chi connectivity index (χ4v) is 2.33. The summed E-state index contributed by atoms with van der Waals surface area (Å²) >= 11 is 0. The fraction of sp³-hybridized carbons (Fsp3) is 0.500. The van der Waals surface area contributed by atoms with E-state index >= 15 is 0 Å². The van der Waals surface area contributed by atoms with Gasteiger partial charge in [-0.3, -0.25) is 4.90 Å². The van der Waals surface area contributed by atoms with Gasteiger partial charge >= 0.3 is 6.03 Å². The Morgan fingerprint density at radius 1 is 1.39 bits per heavy atom. The van der Waals surface area contributed by atoms with Crippen LogP contribution >= 0.6 is 0 Å². The second-order valence-corrected chi connectivity index (χ2v) is 5.04. The van der Waals surface area contributed by atoms with E-state index in [-0.39, 0.29) is 12.1 Å². The van der Waals surface area contributed by atoms with Crippen LogP contribution in [0.3, 0.4) is 0 Å². The van der Waals surface area contributed by atoms with Crippen molar-refractivity contribution in [2.75, 3.05) is 18.5 Å². The van der Waals surface area contributed by atoms with Crippen LogP contribution in [-0.4, -0.2) is 30.6 Å². The third-order valence-electron chi connectivity index (χ3n) is 3.29. The summed E-state index contributed by atoms with van der Waals surface area (Å²) in [6.45, 7) is 3.43. The number of benzene rings is 1. The summed E-state index contributed by atoms with van der Waals surface area (Å²) in [5.74, 6) is 0. The lowest BCUT2D eigenvalue weighted by Crippen LogP contribution is -2.45. The first-order valence-electron chi connectivity index (χ1n) is 6.45. The fourth-order valence-electron chi connectivity index (χ4n) is 2.33. The molecule has 1 aromatic carbocycles. The highest BCUT2D eigenvalue weighted by Crippen LogP contribution is 2.27. The Labute approximate surface area is 108 Å². The summed E-state index contributed by atoms with van der Waals surface area (Å²) in [5.41, 5.74) is 8.01. The van der Waals surface area contributed by atoms with Gasteiger partial charge in [-0.25, -0.2) is 4.79 Å². The largest absolute Gasteiger partial charge is 0.328 e. The van der Waals surface area contributed by atoms with Crippen molar-refractivity contribution in [3.8, 4) is 0 Å². The Morgan fingerprint density at radius 2 is 2.11 bits per heavy atom. The van der Waals surface area contributed by atoms with Gasteiger partial charge < -0.3 is 10.6 Å². The summed E-state index contributed by atoms with van der Waals surface area (Å²) in [5, 5.41) is 0. The van der Waals surface area contributed by atoms with Crippen molar-refractivity contribution in [2.24, 2.45) is 5.73 Å². The van der Waals surface area contributed by atoms with E-state index in [4.69, 9.17) is 5.73 Å². The van der Waals surface area contributed by atoms with Crippen LogP contribution in [-0.2, 0) is 6.54 Å². The third-order valence-corrected chi connectivity index (χ3v) is 3.29. The number of para-hydroxylation sites is 1. The average molecular weight is 247 g/mol. The average Bonchev–Trinajstić information content (AvgIpc) is 2.33. The van der Waals surface area contributed by atoms with E-state index in [1.807, 2.05) is 37.1 Å². The second-order valence-electron chi connectivity index (χ2n) is 5.04. The maximum Gasteiger partial charge on any atom is 0.324 e. The lowest BCUT2D eigenvalue weighted by molar-refractivity contribution is 0.210. The molecule has 0 saturated heterocycles. The minimum atomic E-state index is 0.0818. The van der Waals surface area contributed by atoms with Crippen molar-refractivity contribution in [2.45, 2.75) is 32.4 Å². The topological polar surface area (TPSA) is 49.6 Å². The number of amides is 2. The van der Waals surface area contributed by atoms with Crippen LogP contribution in [0.25, 0.3) is 0 Å². The maximum absolute atomic E-state index is 12.2. The zero-order valence-corrected chi connectivity index (χ0v) is 11.1. The molecule has 4 nitrogen and oxygen atoms in total. The minimum absolute atomic E-state index is 0.0818. The summed E-state index contributed by atoms with van der Waals surface area (Å²) < 4.78 is 0. The molecule has 1 aromatic rings. The Morgan fingerprint density at radius 3 is 2.83 bits per heavy atom. The minimum Gasteiger partial charge on any atom is -0.328 e. The van der Waals surface area contributed by atoms with Gasteiger partial charge in [0.05, 0.1) is 5.69 Å². The summed E-state index contributed by atoms with van der Waals surface area (Å²) in [6, 6.07) is 8.37. The van der Waals surface area contributed by atoms with Gasteiger partial charge in [0, 0.05) is 26.2 Å². The molecule has 0 saturated carbocycles. The number of carbonyl (C=O) groups is 1. The molecule has 0 spiro atoms. The molecule has 2 amide bonds. The molecule has 0 aromatic heterocycles. The summed E-state index contributed by atoms with van der Waals surface area (Å²) in [7, 11) is 1.84. The molecule has 4 heteroatoms. The van der Waals surface area contributed by atoms with Gasteiger partial charge in [-0.15, -0.1) is 0 Å². The van der Waals surface area contributed by atoms with Crippen LogP contribution in [0, 0.1) is 0 Å². The van der Waals surface area contributed by atoms with Crippen LogP contribution in [0.5, 0.6) is 0 Å². The van der Waals surface area contributed by atoms with Crippen LogP contribution in [0.15, 0.2) is 24.3 Å². The molecule has 0 radical (unpaired) electrons. The smallest absolute Gasteiger partial charge is 0.324 e. The molecule has 0 aliphatic carbocycles. The molecule has 1 heterocycles. The lowest BCUT2D eigenvalue weighted by Gasteiger charge is -2.35. The van der Waals surface area contributed by atoms with Crippen molar-refractivity contribution < 1.29 is 4.79 Å². The molecule has 1 aliphatic rings. The zero-order chi connectivity index (χ0) is 13.1. The monoisotopic (exact) mass is 247 g/mol. The van der Waals surface area contributed by atoms with Gasteiger partial charge in [0.15, 0.2) is 0 Å². The van der Waals surface area contributed by atoms with Crippen LogP contribution < -0.4 is 10.6 Å². The summed E-state index contributed by atoms with van der Waals surface area (Å²) in [6.07, 6.45) is 1.88. The first-order chi connectivity index (χ1) is 8.59. The van der Waals surface area contributed by atoms with Crippen LogP contribution in [0.1, 0.15) is 25.3 Å². The van der Waals surface area contributed by atoms with E-state index in [1.54, 1.807) is 4.90 Å². The molecule has 0 bridgehead atoms. The molecule has 18 heavy (non-hydrogen) atoms. The molecular weight excluding hydrogens is 226 g/mol. The molecule has 0 fully saturated rings. The normalized spacial score (nSPS) is 16.7. The number of carbonyl (C=O) groups excluding carboxylic acids is 1. The predicted molar refractivity (Wildman–Crippen MR) is 73.5 cm³/mol. The van der Waals surface area contributed by atoms with E-state index in [0.717, 1.165) is 25.1 Å². The standard InChI is InChI=1S/C14H21N3O/c1-11(15)6-5-9-17-13-8-4-3-7-12(13)10-16(2)14(17)18/h3-4,7-8,11H,5-6,9-10,15H2,1-2H3. The van der Waals surface area contributed by atoms with Crippen molar-refractivity contribution in [1.82, 2.24) is 4.90 Å². The van der Waals surface area contributed by atoms with Gasteiger partial charge in [-0.1, -0.05) is 18.2 Å². The lowest BCUT2D eigenvalue weighted by atomic mass is 10.1. The molecule has 1 unspecified atom stereocenters. The molecule has 2 N–H and O–H groups in total. The highest BCUT2D eigenvalue weighted by Gasteiger charge is 2.26. The van der Waals surface area contributed by atoms with Crippen LogP contribution in [0.4, 0.5) is 10.5 Å². The SMILES string of the molecule is CC(N)CCCN1C(=O)N(C)Cc2ccccc21. The molecular formula is C14H21N3O. The van der Waals surface area contributed by atoms with E-state index in [2.05, 4.69) is 6.07 Å². The highest BCUT2D eigenvalue weighted by atomic mass is 16.2. The number of rotatable bonds is 4. The van der Waals surface area contributed by atoms with Crippen molar-refractivity contribution in [3.05, 3.63) is 29.8 Å². The number of nitrogens with zero attached hydrogens (tertiary/aromatic N) is 2. The Hall–Kier alpha value is -1.55. The molecule has 2 rings (SSSR count). The number of nitrogens with two attached hydrogens (primary N) is 1. The zero-order valence-electron chi connectivity index (χ0n) is 11.1. The third kappa shape index (κ3) is 2.64. The highest BCUT2D eigenvalue weighted by molar-refractivity contribution is 5.94. The number of hydrogen-bond acceptors (Lipinski definition) is 2. The van der Waals surface area contributed by atoms with Crippen molar-refractivity contribution >= 4 is 11.7 Å². The molecule has 1 atom stereocenters. The van der Waals surface area contributed by atoms with Gasteiger partial charge in [-0.2, -0.15) is 0 Å². The Balaban J connectivity index is 2.14. The van der Waals surface area contributed by atoms with Crippen LogP contribution in [0.2, 0.25) is 0 Å². The number of hydrogen-bond donors (Lipinski definition) is 1. The summed E-state index contributed by atoms with van der Waals surface area (Å²) in [4.78, 5) is 15.8. The van der Waals surface area contributed by atoms with E-state index in [0.29, 0.717) is 6.54 Å². The quantitative estimate of drug-likeness (QED) is 0.886. The number of anilines is 1. The Kier molecular flexibility index (Phi) is 3.87. The first kappa shape index (κ1) is 12.9. The Bertz CT molecular complexity index is 431. The van der Waals surface area contributed by atoms with Gasteiger partial charge in [0.25, 0.3) is 0 Å². The maximum atomic E-state index is 12.2. The first-order valence-corrected chi connectivity index (χ1v) is 6.45. The van der Waals surface area contributed by atoms with E-state index < -0.39 is 0 Å². The predicted octanol–water partition coefficient (Wildman–Crippen LogP) is 2.19. The van der Waals surface area contributed by atoms with Gasteiger partial charge in [-0.05, 0) is 31.4 Å². The second kappa shape index (κ2) is 5.40. The van der Waals surface area contributed by atoms with E-state index in [9.17, 15) is 4.79 Å². The molecule has 98 valence electrons. The number of urea groups is 1. The van der Waals surface area contributed by atoms with Crippen molar-refractivity contribution in [3.63, 3.8) is 0 Å². The van der Waals surface area contributed by atoms with Crippen molar-refractivity contribution in [1.29, 1.82) is 0 Å². The van der Waals surface area contributed by atoms with E-state index in [1.165, 1.54) is 5.56 Å². The molecule has 1 aliphatic heterocycles. The van der Waals surface area contributed by atoms with Gasteiger partial charge in [0.2, 0.25) is 0 Å². The number of fused-ring (bicyclic) bond motifs is 1.